The van der Waals surface area contributed by atoms with Crippen molar-refractivity contribution in [2.24, 2.45) is 0 Å². The Balaban J connectivity index is 0.00000264. The van der Waals surface area contributed by atoms with Gasteiger partial charge in [0.15, 0.2) is 0 Å². The van der Waals surface area contributed by atoms with Crippen LogP contribution in [0.15, 0.2) is 24.5 Å². The average molecular weight is 379 g/mol. The maximum Gasteiger partial charge on any atom is 0.234 e. The van der Waals surface area contributed by atoms with Crippen LogP contribution in [-0.4, -0.2) is 61.2 Å². The van der Waals surface area contributed by atoms with Crippen molar-refractivity contribution in [1.82, 2.24) is 20.5 Å². The molecule has 1 unspecified atom stereocenters. The summed E-state index contributed by atoms with van der Waals surface area (Å²) in [4.78, 5) is 18.2. The first-order chi connectivity index (χ1) is 10.6. The van der Waals surface area contributed by atoms with Gasteiger partial charge in [-0.05, 0) is 52.0 Å². The quantitative estimate of drug-likeness (QED) is 0.752. The van der Waals surface area contributed by atoms with E-state index in [1.54, 1.807) is 12.4 Å². The summed E-state index contributed by atoms with van der Waals surface area (Å²) in [5.41, 5.74) is 0. The SMILES string of the molecule is CC(CNC(=O)CN(C)C1CCNCC1)Oc1cccnc1.Cl.Cl. The third-order valence-corrected chi connectivity index (χ3v) is 3.88. The number of piperidine rings is 1. The highest BCUT2D eigenvalue weighted by atomic mass is 35.5. The van der Waals surface area contributed by atoms with Crippen LogP contribution in [0.5, 0.6) is 5.75 Å². The van der Waals surface area contributed by atoms with Gasteiger partial charge in [-0.2, -0.15) is 0 Å². The van der Waals surface area contributed by atoms with Crippen LogP contribution in [0.1, 0.15) is 19.8 Å². The van der Waals surface area contributed by atoms with Crippen LogP contribution in [0.3, 0.4) is 0 Å². The Bertz CT molecular complexity index is 459. The van der Waals surface area contributed by atoms with Gasteiger partial charge in [0.05, 0.1) is 19.3 Å². The summed E-state index contributed by atoms with van der Waals surface area (Å²) in [6.45, 7) is 4.93. The molecule has 1 amide bonds. The highest BCUT2D eigenvalue weighted by Crippen LogP contribution is 2.10. The molecule has 138 valence electrons. The van der Waals surface area contributed by atoms with Crippen LogP contribution >= 0.6 is 24.8 Å². The predicted molar refractivity (Wildman–Crippen MR) is 100 cm³/mol. The van der Waals surface area contributed by atoms with Gasteiger partial charge < -0.3 is 15.4 Å². The summed E-state index contributed by atoms with van der Waals surface area (Å²) < 4.78 is 5.69. The zero-order valence-electron chi connectivity index (χ0n) is 14.2. The van der Waals surface area contributed by atoms with Crippen LogP contribution in [0.4, 0.5) is 0 Å². The summed E-state index contributed by atoms with van der Waals surface area (Å²) in [7, 11) is 2.02. The highest BCUT2D eigenvalue weighted by molar-refractivity contribution is 5.85. The van der Waals surface area contributed by atoms with Gasteiger partial charge in [0, 0.05) is 12.2 Å². The lowest BCUT2D eigenvalue weighted by Crippen LogP contribution is -2.46. The number of carbonyl (C=O) groups is 1. The molecule has 1 aliphatic heterocycles. The monoisotopic (exact) mass is 378 g/mol. The predicted octanol–water partition coefficient (Wildman–Crippen LogP) is 1.49. The topological polar surface area (TPSA) is 66.5 Å². The second-order valence-electron chi connectivity index (χ2n) is 5.82. The molecule has 2 rings (SSSR count). The van der Waals surface area contributed by atoms with E-state index in [0.29, 0.717) is 19.1 Å². The van der Waals surface area contributed by atoms with E-state index >= 15 is 0 Å². The van der Waals surface area contributed by atoms with Crippen LogP contribution in [0, 0.1) is 0 Å². The number of hydrogen-bond donors (Lipinski definition) is 2. The molecule has 1 aliphatic rings. The Morgan fingerprint density at radius 1 is 1.46 bits per heavy atom. The molecule has 1 aromatic heterocycles. The van der Waals surface area contributed by atoms with Gasteiger partial charge >= 0.3 is 0 Å². The Hall–Kier alpha value is -1.08. The minimum absolute atomic E-state index is 0. The van der Waals surface area contributed by atoms with E-state index in [1.807, 2.05) is 26.1 Å². The number of hydrogen-bond acceptors (Lipinski definition) is 5. The van der Waals surface area contributed by atoms with E-state index in [2.05, 4.69) is 20.5 Å². The smallest absolute Gasteiger partial charge is 0.234 e. The molecule has 0 saturated carbocycles. The summed E-state index contributed by atoms with van der Waals surface area (Å²) >= 11 is 0. The van der Waals surface area contributed by atoms with Crippen LogP contribution in [-0.2, 0) is 4.79 Å². The second-order valence-corrected chi connectivity index (χ2v) is 5.82. The molecule has 1 atom stereocenters. The number of nitrogens with one attached hydrogen (secondary N) is 2. The van der Waals surface area contributed by atoms with E-state index in [9.17, 15) is 4.79 Å². The number of carbonyl (C=O) groups excluding carboxylic acids is 1. The number of nitrogens with zero attached hydrogens (tertiary/aromatic N) is 2. The fourth-order valence-corrected chi connectivity index (χ4v) is 2.61. The van der Waals surface area contributed by atoms with E-state index in [0.717, 1.165) is 31.7 Å². The molecular formula is C16H28Cl2N4O2. The minimum atomic E-state index is -0.0858. The number of ether oxygens (including phenoxy) is 1. The Morgan fingerprint density at radius 2 is 2.17 bits per heavy atom. The standard InChI is InChI=1S/C16H26N4O2.2ClH/c1-13(22-15-4-3-7-18-11-15)10-19-16(21)12-20(2)14-5-8-17-9-6-14;;/h3-4,7,11,13-14,17H,5-6,8-10,12H2,1-2H3,(H,19,21);2*1H. The minimum Gasteiger partial charge on any atom is -0.487 e. The van der Waals surface area contributed by atoms with Gasteiger partial charge in [0.1, 0.15) is 11.9 Å². The van der Waals surface area contributed by atoms with E-state index in [4.69, 9.17) is 4.74 Å². The molecule has 24 heavy (non-hydrogen) atoms. The third kappa shape index (κ3) is 8.15. The van der Waals surface area contributed by atoms with Crippen molar-refractivity contribution in [3.05, 3.63) is 24.5 Å². The lowest BCUT2D eigenvalue weighted by Gasteiger charge is -2.31. The average Bonchev–Trinajstić information content (AvgIpc) is 2.55. The molecule has 6 nitrogen and oxygen atoms in total. The molecule has 0 bridgehead atoms. The van der Waals surface area contributed by atoms with E-state index < -0.39 is 0 Å². The lowest BCUT2D eigenvalue weighted by atomic mass is 10.1. The Kier molecular flexibility index (Phi) is 11.8. The fraction of sp³-hybridized carbons (Fsp3) is 0.625. The normalized spacial score (nSPS) is 15.8. The maximum atomic E-state index is 12.0. The van der Waals surface area contributed by atoms with Crippen molar-refractivity contribution >= 4 is 30.7 Å². The van der Waals surface area contributed by atoms with Crippen molar-refractivity contribution in [1.29, 1.82) is 0 Å². The van der Waals surface area contributed by atoms with Crippen molar-refractivity contribution in [2.45, 2.75) is 31.9 Å². The van der Waals surface area contributed by atoms with Crippen LogP contribution < -0.4 is 15.4 Å². The number of halogens is 2. The van der Waals surface area contributed by atoms with Crippen molar-refractivity contribution < 1.29 is 9.53 Å². The van der Waals surface area contributed by atoms with Crippen molar-refractivity contribution in [3.63, 3.8) is 0 Å². The third-order valence-electron chi connectivity index (χ3n) is 3.88. The zero-order chi connectivity index (χ0) is 15.8. The first-order valence-corrected chi connectivity index (χ1v) is 7.89. The molecule has 0 radical (unpaired) electrons. The summed E-state index contributed by atoms with van der Waals surface area (Å²) in [5.74, 6) is 0.763. The highest BCUT2D eigenvalue weighted by Gasteiger charge is 2.19. The zero-order valence-corrected chi connectivity index (χ0v) is 15.9. The van der Waals surface area contributed by atoms with Crippen LogP contribution in [0.25, 0.3) is 0 Å². The molecule has 1 aromatic rings. The molecular weight excluding hydrogens is 351 g/mol. The summed E-state index contributed by atoms with van der Waals surface area (Å²) in [5, 5.41) is 6.27. The number of likely N-dealkylation sites (N-methyl/N-ethyl adjacent to an activating group) is 1. The van der Waals surface area contributed by atoms with Gasteiger partial charge in [-0.1, -0.05) is 0 Å². The lowest BCUT2D eigenvalue weighted by molar-refractivity contribution is -0.122. The van der Waals surface area contributed by atoms with Gasteiger partial charge in [-0.25, -0.2) is 0 Å². The van der Waals surface area contributed by atoms with E-state index in [-0.39, 0.29) is 36.8 Å². The largest absolute Gasteiger partial charge is 0.487 e. The maximum absolute atomic E-state index is 12.0. The Labute approximate surface area is 156 Å². The number of pyridine rings is 1. The van der Waals surface area contributed by atoms with Crippen molar-refractivity contribution in [3.8, 4) is 5.75 Å². The fourth-order valence-electron chi connectivity index (χ4n) is 2.61. The first-order valence-electron chi connectivity index (χ1n) is 7.89. The van der Waals surface area contributed by atoms with Crippen LogP contribution in [0.2, 0.25) is 0 Å². The molecule has 1 saturated heterocycles. The van der Waals surface area contributed by atoms with Crippen molar-refractivity contribution in [2.75, 3.05) is 33.2 Å². The van der Waals surface area contributed by atoms with Gasteiger partial charge in [0.2, 0.25) is 5.91 Å². The van der Waals surface area contributed by atoms with Gasteiger partial charge in [0.25, 0.3) is 0 Å². The van der Waals surface area contributed by atoms with Gasteiger partial charge in [-0.3, -0.25) is 14.7 Å². The molecule has 2 N–H and O–H groups in total. The molecule has 0 spiro atoms. The Morgan fingerprint density at radius 3 is 2.79 bits per heavy atom. The van der Waals surface area contributed by atoms with Gasteiger partial charge in [-0.15, -0.1) is 24.8 Å². The number of rotatable bonds is 7. The summed E-state index contributed by atoms with van der Waals surface area (Å²) in [6, 6.07) is 4.18. The molecule has 0 aromatic carbocycles. The molecule has 8 heteroatoms. The molecule has 0 aliphatic carbocycles. The molecule has 2 heterocycles. The number of aromatic nitrogens is 1. The first kappa shape index (κ1) is 22.9. The molecule has 1 fully saturated rings. The van der Waals surface area contributed by atoms with E-state index in [1.165, 1.54) is 0 Å². The second kappa shape index (κ2) is 12.3. The summed E-state index contributed by atoms with van der Waals surface area (Å²) in [6.07, 6.45) is 5.49. The number of amides is 1.